The molecule has 2 aromatic carbocycles. The fourth-order valence-corrected chi connectivity index (χ4v) is 2.99. The van der Waals surface area contributed by atoms with Crippen LogP contribution in [0.5, 0.6) is 11.5 Å². The van der Waals surface area contributed by atoms with Crippen LogP contribution in [0, 0.1) is 11.6 Å². The lowest BCUT2D eigenvalue weighted by atomic mass is 10.1. The maximum absolute atomic E-state index is 13.7. The number of anilines is 1. The maximum Gasteiger partial charge on any atom is 0.311 e. The van der Waals surface area contributed by atoms with Crippen LogP contribution in [0.2, 0.25) is 0 Å². The number of rotatable bonds is 9. The number of benzene rings is 2. The van der Waals surface area contributed by atoms with Gasteiger partial charge in [0.25, 0.3) is 5.91 Å². The molecule has 0 spiro atoms. The highest BCUT2D eigenvalue weighted by molar-refractivity contribution is 9.10. The number of ether oxygens (including phenoxy) is 3. The molecule has 0 saturated carbocycles. The molecular weight excluding hydrogens is 464 g/mol. The monoisotopic (exact) mass is 485 g/mol. The number of esters is 1. The lowest BCUT2D eigenvalue weighted by molar-refractivity contribution is -0.152. The van der Waals surface area contributed by atoms with Gasteiger partial charge in [-0.2, -0.15) is 0 Å². The molecule has 162 valence electrons. The molecule has 2 aromatic rings. The second kappa shape index (κ2) is 10.9. The minimum absolute atomic E-state index is 0.140. The van der Waals surface area contributed by atoms with Crippen molar-refractivity contribution < 1.29 is 32.6 Å². The van der Waals surface area contributed by atoms with E-state index in [0.717, 1.165) is 18.2 Å². The average molecular weight is 486 g/mol. The van der Waals surface area contributed by atoms with Crippen LogP contribution in [0.15, 0.2) is 34.8 Å². The first-order valence-electron chi connectivity index (χ1n) is 9.28. The zero-order chi connectivity index (χ0) is 22.3. The van der Waals surface area contributed by atoms with Crippen LogP contribution in [0.4, 0.5) is 14.5 Å². The third kappa shape index (κ3) is 6.41. The van der Waals surface area contributed by atoms with E-state index in [4.69, 9.17) is 14.2 Å². The van der Waals surface area contributed by atoms with Crippen molar-refractivity contribution in [2.24, 2.45) is 0 Å². The number of nitrogens with one attached hydrogen (secondary N) is 1. The van der Waals surface area contributed by atoms with Crippen molar-refractivity contribution >= 4 is 33.5 Å². The summed E-state index contributed by atoms with van der Waals surface area (Å²) in [6.45, 7) is 5.87. The van der Waals surface area contributed by atoms with Gasteiger partial charge in [0.2, 0.25) is 0 Å². The van der Waals surface area contributed by atoms with Crippen LogP contribution in [-0.2, 0) is 20.7 Å². The van der Waals surface area contributed by atoms with Gasteiger partial charge in [0.05, 0.1) is 25.3 Å². The SMILES string of the molecule is CCOc1cc(Br)c(CC(=O)OC(C)C(=O)Nc2cc(F)ccc2F)cc1OCC. The van der Waals surface area contributed by atoms with E-state index in [1.165, 1.54) is 6.92 Å². The van der Waals surface area contributed by atoms with E-state index >= 15 is 0 Å². The molecule has 0 aliphatic heterocycles. The Bertz CT molecular complexity index is 923. The Morgan fingerprint density at radius 2 is 1.70 bits per heavy atom. The number of halogens is 3. The van der Waals surface area contributed by atoms with Gasteiger partial charge < -0.3 is 19.5 Å². The molecular formula is C21H22BrF2NO5. The first-order chi connectivity index (χ1) is 14.2. The molecule has 2 rings (SSSR count). The van der Waals surface area contributed by atoms with E-state index in [1.54, 1.807) is 12.1 Å². The van der Waals surface area contributed by atoms with Crippen LogP contribution in [0.25, 0.3) is 0 Å². The Kier molecular flexibility index (Phi) is 8.58. The number of carbonyl (C=O) groups excluding carboxylic acids is 2. The molecule has 0 aromatic heterocycles. The molecule has 30 heavy (non-hydrogen) atoms. The van der Waals surface area contributed by atoms with Crippen molar-refractivity contribution in [3.8, 4) is 11.5 Å². The fourth-order valence-electron chi connectivity index (χ4n) is 2.52. The van der Waals surface area contributed by atoms with Crippen LogP contribution in [-0.4, -0.2) is 31.2 Å². The molecule has 9 heteroatoms. The van der Waals surface area contributed by atoms with Crippen LogP contribution < -0.4 is 14.8 Å². The maximum atomic E-state index is 13.7. The van der Waals surface area contributed by atoms with Crippen molar-refractivity contribution in [2.75, 3.05) is 18.5 Å². The van der Waals surface area contributed by atoms with E-state index in [0.29, 0.717) is 34.7 Å². The summed E-state index contributed by atoms with van der Waals surface area (Å²) in [5, 5.41) is 2.20. The molecule has 0 radical (unpaired) electrons. The van der Waals surface area contributed by atoms with Crippen molar-refractivity contribution in [1.82, 2.24) is 0 Å². The van der Waals surface area contributed by atoms with Crippen molar-refractivity contribution in [1.29, 1.82) is 0 Å². The fraction of sp³-hybridized carbons (Fsp3) is 0.333. The van der Waals surface area contributed by atoms with Gasteiger partial charge in [0.15, 0.2) is 17.6 Å². The van der Waals surface area contributed by atoms with E-state index < -0.39 is 29.6 Å². The van der Waals surface area contributed by atoms with Crippen LogP contribution >= 0.6 is 15.9 Å². The van der Waals surface area contributed by atoms with E-state index in [2.05, 4.69) is 21.2 Å². The van der Waals surface area contributed by atoms with Gasteiger partial charge >= 0.3 is 5.97 Å². The highest BCUT2D eigenvalue weighted by Gasteiger charge is 2.21. The van der Waals surface area contributed by atoms with Crippen molar-refractivity contribution in [2.45, 2.75) is 33.3 Å². The third-order valence-corrected chi connectivity index (χ3v) is 4.65. The Balaban J connectivity index is 2.04. The van der Waals surface area contributed by atoms with Gasteiger partial charge in [-0.15, -0.1) is 0 Å². The average Bonchev–Trinajstić information content (AvgIpc) is 2.68. The summed E-state index contributed by atoms with van der Waals surface area (Å²) in [5.74, 6) is -1.95. The Hall–Kier alpha value is -2.68. The first-order valence-corrected chi connectivity index (χ1v) is 10.1. The molecule has 0 aliphatic rings. The zero-order valence-corrected chi connectivity index (χ0v) is 18.3. The minimum Gasteiger partial charge on any atom is -0.490 e. The van der Waals surface area contributed by atoms with Gasteiger partial charge in [0.1, 0.15) is 11.6 Å². The topological polar surface area (TPSA) is 73.9 Å². The molecule has 0 aliphatic carbocycles. The smallest absolute Gasteiger partial charge is 0.311 e. The highest BCUT2D eigenvalue weighted by atomic mass is 79.9. The lowest BCUT2D eigenvalue weighted by Crippen LogP contribution is -2.30. The van der Waals surface area contributed by atoms with E-state index in [9.17, 15) is 18.4 Å². The van der Waals surface area contributed by atoms with Crippen LogP contribution in [0.3, 0.4) is 0 Å². The van der Waals surface area contributed by atoms with Gasteiger partial charge in [-0.25, -0.2) is 8.78 Å². The van der Waals surface area contributed by atoms with Crippen LogP contribution in [0.1, 0.15) is 26.3 Å². The van der Waals surface area contributed by atoms with Crippen molar-refractivity contribution in [3.63, 3.8) is 0 Å². The first kappa shape index (κ1) is 23.6. The van der Waals surface area contributed by atoms with Gasteiger partial charge in [0, 0.05) is 10.5 Å². The predicted octanol–water partition coefficient (Wildman–Crippen LogP) is 4.64. The normalized spacial score (nSPS) is 11.5. The number of hydrogen-bond donors (Lipinski definition) is 1. The molecule has 0 heterocycles. The zero-order valence-electron chi connectivity index (χ0n) is 16.8. The number of hydrogen-bond acceptors (Lipinski definition) is 5. The molecule has 1 atom stereocenters. The molecule has 0 fully saturated rings. The van der Waals surface area contributed by atoms with Gasteiger partial charge in [-0.05, 0) is 50.6 Å². The quantitative estimate of drug-likeness (QED) is 0.523. The highest BCUT2D eigenvalue weighted by Crippen LogP contribution is 2.34. The number of carbonyl (C=O) groups is 2. The largest absolute Gasteiger partial charge is 0.490 e. The summed E-state index contributed by atoms with van der Waals surface area (Å²) in [4.78, 5) is 24.5. The summed E-state index contributed by atoms with van der Waals surface area (Å²) in [6.07, 6.45) is -1.35. The molecule has 1 unspecified atom stereocenters. The lowest BCUT2D eigenvalue weighted by Gasteiger charge is -2.16. The summed E-state index contributed by atoms with van der Waals surface area (Å²) >= 11 is 3.39. The predicted molar refractivity (Wildman–Crippen MR) is 111 cm³/mol. The standard InChI is InChI=1S/C21H22BrF2NO5/c1-4-28-18-8-13(15(22)11-19(18)29-5-2)9-20(26)30-12(3)21(27)25-17-10-14(23)6-7-16(17)24/h6-8,10-12H,4-5,9H2,1-3H3,(H,25,27). The summed E-state index contributed by atoms with van der Waals surface area (Å²) in [7, 11) is 0. The van der Waals surface area contributed by atoms with Gasteiger partial charge in [-0.1, -0.05) is 15.9 Å². The van der Waals surface area contributed by atoms with E-state index in [1.807, 2.05) is 13.8 Å². The third-order valence-electron chi connectivity index (χ3n) is 3.91. The minimum atomic E-state index is -1.21. The molecule has 0 bridgehead atoms. The summed E-state index contributed by atoms with van der Waals surface area (Å²) in [5.41, 5.74) is 0.245. The number of amides is 1. The molecule has 1 amide bonds. The molecule has 1 N–H and O–H groups in total. The Morgan fingerprint density at radius 3 is 2.33 bits per heavy atom. The van der Waals surface area contributed by atoms with Crippen molar-refractivity contribution in [3.05, 3.63) is 52.0 Å². The second-order valence-electron chi connectivity index (χ2n) is 6.18. The molecule has 6 nitrogen and oxygen atoms in total. The molecule has 0 saturated heterocycles. The second-order valence-corrected chi connectivity index (χ2v) is 7.03. The summed E-state index contributed by atoms with van der Waals surface area (Å²) in [6, 6.07) is 6.02. The Morgan fingerprint density at radius 1 is 1.07 bits per heavy atom. The van der Waals surface area contributed by atoms with E-state index in [-0.39, 0.29) is 12.1 Å². The van der Waals surface area contributed by atoms with Gasteiger partial charge in [-0.3, -0.25) is 9.59 Å². The summed E-state index contributed by atoms with van der Waals surface area (Å²) < 4.78 is 43.7. The Labute approximate surface area is 181 Å².